The van der Waals surface area contributed by atoms with Crippen LogP contribution in [0.1, 0.15) is 0 Å². The van der Waals surface area contributed by atoms with E-state index < -0.39 is 0 Å². The zero-order valence-electron chi connectivity index (χ0n) is 29.8. The minimum atomic E-state index is 0.859. The summed E-state index contributed by atoms with van der Waals surface area (Å²) in [4.78, 5) is 2.41. The van der Waals surface area contributed by atoms with E-state index in [9.17, 15) is 0 Å². The van der Waals surface area contributed by atoms with Crippen molar-refractivity contribution in [2.45, 2.75) is 0 Å². The van der Waals surface area contributed by atoms with E-state index in [1.165, 1.54) is 47.8 Å². The van der Waals surface area contributed by atoms with Gasteiger partial charge in [-0.15, -0.1) is 11.3 Å². The number of rotatable bonds is 6. The average molecular weight is 720 g/mol. The van der Waals surface area contributed by atoms with Crippen LogP contribution in [0.3, 0.4) is 0 Å². The quantitative estimate of drug-likeness (QED) is 0.170. The fourth-order valence-corrected chi connectivity index (χ4v) is 9.36. The van der Waals surface area contributed by atoms with E-state index in [4.69, 9.17) is 4.42 Å². The molecule has 11 aromatic rings. The van der Waals surface area contributed by atoms with Gasteiger partial charge in [-0.05, 0) is 93.4 Å². The van der Waals surface area contributed by atoms with Gasteiger partial charge in [0.05, 0.1) is 11.4 Å². The summed E-state index contributed by atoms with van der Waals surface area (Å²) in [5.74, 6) is 0. The van der Waals surface area contributed by atoms with Crippen molar-refractivity contribution in [3.63, 3.8) is 0 Å². The number of fused-ring (bicyclic) bond motifs is 7. The largest absolute Gasteiger partial charge is 0.454 e. The van der Waals surface area contributed by atoms with Gasteiger partial charge in [-0.2, -0.15) is 0 Å². The van der Waals surface area contributed by atoms with Crippen LogP contribution >= 0.6 is 11.3 Å². The van der Waals surface area contributed by atoms with Gasteiger partial charge < -0.3 is 9.32 Å². The maximum atomic E-state index is 6.78. The Morgan fingerprint density at radius 1 is 0.345 bits per heavy atom. The lowest BCUT2D eigenvalue weighted by Crippen LogP contribution is -2.11. The molecule has 55 heavy (non-hydrogen) atoms. The van der Waals surface area contributed by atoms with E-state index in [0.717, 1.165) is 55.5 Å². The van der Waals surface area contributed by atoms with Crippen molar-refractivity contribution >= 4 is 81.3 Å². The summed E-state index contributed by atoms with van der Waals surface area (Å²) < 4.78 is 9.39. The van der Waals surface area contributed by atoms with Gasteiger partial charge in [0.2, 0.25) is 0 Å². The average Bonchev–Trinajstić information content (AvgIpc) is 3.83. The van der Waals surface area contributed by atoms with Gasteiger partial charge in [0.15, 0.2) is 5.58 Å². The molecule has 11 rings (SSSR count). The fourth-order valence-electron chi connectivity index (χ4n) is 8.27. The summed E-state index contributed by atoms with van der Waals surface area (Å²) >= 11 is 1.85. The van der Waals surface area contributed by atoms with Gasteiger partial charge in [0.1, 0.15) is 5.58 Å². The van der Waals surface area contributed by atoms with E-state index in [2.05, 4.69) is 199 Å². The number of nitrogens with zero attached hydrogens (tertiary/aromatic N) is 1. The molecule has 258 valence electrons. The molecule has 0 amide bonds. The number of thiophene rings is 1. The Morgan fingerprint density at radius 2 is 0.982 bits per heavy atom. The lowest BCUT2D eigenvalue weighted by molar-refractivity contribution is 0.669. The molecule has 2 nitrogen and oxygen atoms in total. The predicted octanol–water partition coefficient (Wildman–Crippen LogP) is 15.6. The Morgan fingerprint density at radius 3 is 1.80 bits per heavy atom. The van der Waals surface area contributed by atoms with Crippen molar-refractivity contribution in [1.29, 1.82) is 0 Å². The molecule has 0 radical (unpaired) electrons. The third kappa shape index (κ3) is 5.32. The van der Waals surface area contributed by atoms with Gasteiger partial charge in [0.25, 0.3) is 0 Å². The zero-order chi connectivity index (χ0) is 36.3. The Hall–Kier alpha value is -6.94. The van der Waals surface area contributed by atoms with Crippen LogP contribution < -0.4 is 4.90 Å². The molecule has 2 heterocycles. The van der Waals surface area contributed by atoms with Crippen molar-refractivity contribution in [2.75, 3.05) is 4.90 Å². The molecule has 0 bridgehead atoms. The number of para-hydroxylation sites is 2. The summed E-state index contributed by atoms with van der Waals surface area (Å²) in [7, 11) is 0. The number of hydrogen-bond donors (Lipinski definition) is 0. The molecule has 2 aromatic heterocycles. The molecule has 0 saturated carbocycles. The molecule has 0 spiro atoms. The maximum absolute atomic E-state index is 6.78. The van der Waals surface area contributed by atoms with Crippen molar-refractivity contribution in [2.24, 2.45) is 0 Å². The first-order chi connectivity index (χ1) is 27.3. The summed E-state index contributed by atoms with van der Waals surface area (Å²) in [6.07, 6.45) is 0. The summed E-state index contributed by atoms with van der Waals surface area (Å²) in [6, 6.07) is 72.3. The van der Waals surface area contributed by atoms with E-state index in [0.29, 0.717) is 0 Å². The van der Waals surface area contributed by atoms with E-state index in [1.807, 2.05) is 17.4 Å². The van der Waals surface area contributed by atoms with Crippen LogP contribution in [-0.4, -0.2) is 0 Å². The van der Waals surface area contributed by atoms with E-state index in [-0.39, 0.29) is 0 Å². The van der Waals surface area contributed by atoms with Crippen LogP contribution in [0, 0.1) is 0 Å². The lowest BCUT2D eigenvalue weighted by Gasteiger charge is -2.28. The highest BCUT2D eigenvalue weighted by Gasteiger charge is 2.23. The van der Waals surface area contributed by atoms with Gasteiger partial charge in [-0.1, -0.05) is 146 Å². The molecule has 0 atom stereocenters. The Bertz CT molecular complexity index is 3210. The zero-order valence-corrected chi connectivity index (χ0v) is 30.6. The molecule has 0 aliphatic carbocycles. The highest BCUT2D eigenvalue weighted by atomic mass is 32.1. The lowest BCUT2D eigenvalue weighted by atomic mass is 9.94. The van der Waals surface area contributed by atoms with Crippen molar-refractivity contribution in [3.8, 4) is 33.4 Å². The first-order valence-electron chi connectivity index (χ1n) is 18.7. The summed E-state index contributed by atoms with van der Waals surface area (Å²) in [6.45, 7) is 0. The predicted molar refractivity (Wildman–Crippen MR) is 235 cm³/mol. The Kier molecular flexibility index (Phi) is 7.39. The standard InChI is InChI=1S/C52H33NOS/c1-3-14-34(15-4-1)37-30-38(36-26-29-51-46(33-36)44-21-10-12-25-50(44)55-51)32-39(31-37)53(48-23-13-22-45-43-20-9-11-24-49(43)54-52(45)48)47-28-27-40(35-16-5-2-6-17-35)41-18-7-8-19-42(41)47/h1-33H. The van der Waals surface area contributed by atoms with Gasteiger partial charge >= 0.3 is 0 Å². The number of benzene rings is 9. The highest BCUT2D eigenvalue weighted by Crippen LogP contribution is 2.48. The highest BCUT2D eigenvalue weighted by molar-refractivity contribution is 7.25. The maximum Gasteiger partial charge on any atom is 0.159 e. The minimum absolute atomic E-state index is 0.859. The molecule has 0 fully saturated rings. The van der Waals surface area contributed by atoms with Crippen LogP contribution in [0.4, 0.5) is 17.1 Å². The number of anilines is 3. The second kappa shape index (κ2) is 12.9. The van der Waals surface area contributed by atoms with Gasteiger partial charge in [-0.3, -0.25) is 0 Å². The Balaban J connectivity index is 1.21. The van der Waals surface area contributed by atoms with Crippen molar-refractivity contribution < 1.29 is 4.42 Å². The fraction of sp³-hybridized carbons (Fsp3) is 0. The van der Waals surface area contributed by atoms with Crippen molar-refractivity contribution in [1.82, 2.24) is 0 Å². The molecule has 0 N–H and O–H groups in total. The topological polar surface area (TPSA) is 16.4 Å². The molecule has 0 aliphatic rings. The first kappa shape index (κ1) is 31.6. The van der Waals surface area contributed by atoms with E-state index >= 15 is 0 Å². The summed E-state index contributed by atoms with van der Waals surface area (Å²) in [5.41, 5.74) is 11.9. The molecular weight excluding hydrogens is 687 g/mol. The SMILES string of the molecule is c1ccc(-c2cc(-c3ccc4sc5ccccc5c4c3)cc(N(c3ccc(-c4ccccc4)c4ccccc34)c3cccc4c3oc3ccccc34)c2)cc1. The van der Waals surface area contributed by atoms with Crippen LogP contribution in [-0.2, 0) is 0 Å². The minimum Gasteiger partial charge on any atom is -0.454 e. The molecule has 0 aliphatic heterocycles. The molecule has 9 aromatic carbocycles. The third-order valence-corrected chi connectivity index (χ3v) is 12.0. The number of hydrogen-bond acceptors (Lipinski definition) is 3. The first-order valence-corrected chi connectivity index (χ1v) is 19.5. The third-order valence-electron chi connectivity index (χ3n) is 10.8. The normalized spacial score (nSPS) is 11.6. The molecular formula is C52H33NOS. The van der Waals surface area contributed by atoms with Crippen LogP contribution in [0.5, 0.6) is 0 Å². The molecule has 0 unspecified atom stereocenters. The monoisotopic (exact) mass is 719 g/mol. The molecule has 0 saturated heterocycles. The Labute approximate surface area is 322 Å². The van der Waals surface area contributed by atoms with Gasteiger partial charge in [-0.25, -0.2) is 0 Å². The van der Waals surface area contributed by atoms with Crippen molar-refractivity contribution in [3.05, 3.63) is 200 Å². The second-order valence-corrected chi connectivity index (χ2v) is 15.2. The van der Waals surface area contributed by atoms with Crippen LogP contribution in [0.25, 0.3) is 86.3 Å². The van der Waals surface area contributed by atoms with Crippen LogP contribution in [0.15, 0.2) is 205 Å². The number of furan rings is 1. The summed E-state index contributed by atoms with van der Waals surface area (Å²) in [5, 5.41) is 7.15. The van der Waals surface area contributed by atoms with Crippen LogP contribution in [0.2, 0.25) is 0 Å². The molecule has 3 heteroatoms. The second-order valence-electron chi connectivity index (χ2n) is 14.1. The van der Waals surface area contributed by atoms with E-state index in [1.54, 1.807) is 0 Å². The van der Waals surface area contributed by atoms with Gasteiger partial charge in [0, 0.05) is 42.0 Å². The smallest absolute Gasteiger partial charge is 0.159 e.